The first-order chi connectivity index (χ1) is 15.2. The Hall–Kier alpha value is -2.21. The van der Waals surface area contributed by atoms with E-state index < -0.39 is 11.7 Å². The van der Waals surface area contributed by atoms with E-state index in [0.717, 1.165) is 5.56 Å². The molecule has 4 nitrogen and oxygen atoms in total. The number of hydrogen-bond acceptors (Lipinski definition) is 2. The predicted octanol–water partition coefficient (Wildman–Crippen LogP) is 7.78. The second-order valence-electron chi connectivity index (χ2n) is 6.94. The Bertz CT molecular complexity index is 1360. The molecule has 0 aliphatic rings. The second kappa shape index (κ2) is 9.34. The molecule has 0 saturated heterocycles. The van der Waals surface area contributed by atoms with Crippen LogP contribution in [-0.4, -0.2) is 16.3 Å². The fourth-order valence-corrected chi connectivity index (χ4v) is 4.43. The van der Waals surface area contributed by atoms with Crippen LogP contribution in [0.1, 0.15) is 15.9 Å². The van der Waals surface area contributed by atoms with Crippen molar-refractivity contribution in [2.45, 2.75) is 6.54 Å². The lowest BCUT2D eigenvalue weighted by Gasteiger charge is -2.10. The average Bonchev–Trinajstić information content (AvgIpc) is 3.01. The topological polar surface area (TPSA) is 51.1 Å². The van der Waals surface area contributed by atoms with Gasteiger partial charge in [0.1, 0.15) is 5.15 Å². The van der Waals surface area contributed by atoms with Gasteiger partial charge in [-0.05, 0) is 60.2 Å². The molecule has 32 heavy (non-hydrogen) atoms. The highest BCUT2D eigenvalue weighted by Gasteiger charge is 2.27. The van der Waals surface area contributed by atoms with Gasteiger partial charge in [-0.15, -0.1) is 0 Å². The van der Waals surface area contributed by atoms with Crippen molar-refractivity contribution in [2.24, 2.45) is 0 Å². The van der Waals surface area contributed by atoms with Gasteiger partial charge in [-0.25, -0.2) is 0 Å². The zero-order valence-electron chi connectivity index (χ0n) is 16.1. The van der Waals surface area contributed by atoms with Crippen LogP contribution in [-0.2, 0) is 11.3 Å². The zero-order chi connectivity index (χ0) is 23.0. The van der Waals surface area contributed by atoms with E-state index in [1.807, 2.05) is 0 Å². The Labute approximate surface area is 208 Å². The summed E-state index contributed by atoms with van der Waals surface area (Å²) in [5.74, 6) is -1.63. The van der Waals surface area contributed by atoms with Gasteiger partial charge in [-0.3, -0.25) is 9.59 Å². The molecule has 1 amide bonds. The van der Waals surface area contributed by atoms with Gasteiger partial charge in [0.05, 0.1) is 17.6 Å². The first-order valence-corrected chi connectivity index (χ1v) is 11.2. The Morgan fingerprint density at radius 2 is 1.41 bits per heavy atom. The van der Waals surface area contributed by atoms with Gasteiger partial charge in [-0.1, -0.05) is 64.1 Å². The van der Waals surface area contributed by atoms with Crippen LogP contribution in [0.15, 0.2) is 60.7 Å². The number of hydrogen-bond donors (Lipinski definition) is 1. The van der Waals surface area contributed by atoms with E-state index in [-0.39, 0.29) is 17.3 Å². The number of carbonyl (C=O) groups excluding carboxylic acids is 2. The highest BCUT2D eigenvalue weighted by Crippen LogP contribution is 2.34. The highest BCUT2D eigenvalue weighted by molar-refractivity contribution is 6.52. The van der Waals surface area contributed by atoms with E-state index in [1.54, 1.807) is 65.2 Å². The van der Waals surface area contributed by atoms with Crippen molar-refractivity contribution >= 4 is 86.3 Å². The summed E-state index contributed by atoms with van der Waals surface area (Å²) in [4.78, 5) is 25.8. The van der Waals surface area contributed by atoms with Crippen LogP contribution in [0.2, 0.25) is 25.2 Å². The van der Waals surface area contributed by atoms with E-state index in [2.05, 4.69) is 5.32 Å². The lowest BCUT2D eigenvalue weighted by molar-refractivity contribution is -0.112. The molecule has 0 atom stereocenters. The van der Waals surface area contributed by atoms with Crippen molar-refractivity contribution in [1.29, 1.82) is 0 Å². The number of nitrogens with one attached hydrogen (secondary N) is 1. The molecule has 9 heteroatoms. The maximum absolute atomic E-state index is 13.1. The Morgan fingerprint density at radius 3 is 2.09 bits per heavy atom. The smallest absolute Gasteiger partial charge is 0.296 e. The van der Waals surface area contributed by atoms with Gasteiger partial charge in [0.2, 0.25) is 0 Å². The van der Waals surface area contributed by atoms with Crippen molar-refractivity contribution in [3.63, 3.8) is 0 Å². The number of ketones is 1. The molecule has 1 aromatic heterocycles. The van der Waals surface area contributed by atoms with Gasteiger partial charge in [0, 0.05) is 31.2 Å². The van der Waals surface area contributed by atoms with Gasteiger partial charge < -0.3 is 9.88 Å². The Balaban J connectivity index is 1.76. The second-order valence-corrected chi connectivity index (χ2v) is 9.01. The molecule has 0 spiro atoms. The molecule has 1 heterocycles. The molecule has 4 rings (SSSR count). The quantitative estimate of drug-likeness (QED) is 0.213. The fraction of sp³-hybridized carbons (Fsp3) is 0.0435. The number of aromatic nitrogens is 1. The predicted molar refractivity (Wildman–Crippen MR) is 132 cm³/mol. The summed E-state index contributed by atoms with van der Waals surface area (Å²) in [6.45, 7) is 0.263. The molecule has 0 unspecified atom stereocenters. The van der Waals surface area contributed by atoms with Crippen molar-refractivity contribution in [2.75, 3.05) is 5.32 Å². The molecule has 0 aliphatic heterocycles. The molecule has 4 aromatic rings. The number of rotatable bonds is 5. The lowest BCUT2D eigenvalue weighted by Crippen LogP contribution is -2.23. The molecule has 0 radical (unpaired) electrons. The largest absolute Gasteiger partial charge is 0.326 e. The number of nitrogens with zero attached hydrogens (tertiary/aromatic N) is 1. The molecule has 162 valence electrons. The normalized spacial score (nSPS) is 11.0. The zero-order valence-corrected chi connectivity index (χ0v) is 19.9. The first-order valence-electron chi connectivity index (χ1n) is 9.27. The Morgan fingerprint density at radius 1 is 0.781 bits per heavy atom. The lowest BCUT2D eigenvalue weighted by atomic mass is 10.1. The molecule has 3 aromatic carbocycles. The Kier molecular flexibility index (Phi) is 6.70. The third kappa shape index (κ3) is 4.61. The molecule has 0 saturated carbocycles. The molecular weight excluding hydrogens is 514 g/mol. The maximum atomic E-state index is 13.1. The fourth-order valence-electron chi connectivity index (χ4n) is 3.32. The molecule has 0 fully saturated rings. The van der Waals surface area contributed by atoms with Crippen molar-refractivity contribution in [1.82, 2.24) is 4.57 Å². The van der Waals surface area contributed by atoms with E-state index in [0.29, 0.717) is 36.7 Å². The summed E-state index contributed by atoms with van der Waals surface area (Å²) in [5, 5.41) is 5.00. The number of anilines is 1. The van der Waals surface area contributed by atoms with Crippen LogP contribution in [0.25, 0.3) is 10.9 Å². The summed E-state index contributed by atoms with van der Waals surface area (Å²) in [6, 6.07) is 16.5. The van der Waals surface area contributed by atoms with Crippen LogP contribution in [0.5, 0.6) is 0 Å². The number of amides is 1. The highest BCUT2D eigenvalue weighted by atomic mass is 35.5. The summed E-state index contributed by atoms with van der Waals surface area (Å²) < 4.78 is 1.70. The number of fused-ring (bicyclic) bond motifs is 1. The van der Waals surface area contributed by atoms with Crippen molar-refractivity contribution in [3.8, 4) is 0 Å². The number of halogens is 5. The average molecular weight is 527 g/mol. The van der Waals surface area contributed by atoms with Crippen molar-refractivity contribution < 1.29 is 9.59 Å². The third-order valence-corrected chi connectivity index (χ3v) is 6.31. The number of carbonyl (C=O) groups is 2. The molecule has 1 N–H and O–H groups in total. The van der Waals surface area contributed by atoms with E-state index in [9.17, 15) is 9.59 Å². The minimum absolute atomic E-state index is 0.0562. The minimum atomic E-state index is -0.835. The SMILES string of the molecule is O=C(Nc1ccc(Cl)cc1)C(=O)c1c(Cl)n(Cc2ccc(Cl)cc2Cl)c2ccc(Cl)cc12. The van der Waals surface area contributed by atoms with Gasteiger partial charge in [0.15, 0.2) is 0 Å². The van der Waals surface area contributed by atoms with Crippen LogP contribution >= 0.6 is 58.0 Å². The molecular formula is C23H13Cl5N2O2. The summed E-state index contributed by atoms with van der Waals surface area (Å²) in [6.07, 6.45) is 0. The number of benzene rings is 3. The minimum Gasteiger partial charge on any atom is -0.326 e. The van der Waals surface area contributed by atoms with Crippen LogP contribution in [0.3, 0.4) is 0 Å². The van der Waals surface area contributed by atoms with E-state index in [4.69, 9.17) is 58.0 Å². The van der Waals surface area contributed by atoms with E-state index >= 15 is 0 Å². The monoisotopic (exact) mass is 524 g/mol. The standard InChI is InChI=1S/C23H13Cl5N2O2/c24-13-3-6-16(7-4-13)29-23(32)21(31)20-17-9-14(25)5-8-19(17)30(22(20)28)11-12-1-2-15(26)10-18(12)27/h1-10H,11H2,(H,29,32). The van der Waals surface area contributed by atoms with Crippen LogP contribution < -0.4 is 5.32 Å². The number of Topliss-reactive ketones (excluding diaryl/α,β-unsaturated/α-hetero) is 1. The van der Waals surface area contributed by atoms with Gasteiger partial charge in [-0.2, -0.15) is 0 Å². The van der Waals surface area contributed by atoms with Gasteiger partial charge in [0.25, 0.3) is 11.7 Å². The van der Waals surface area contributed by atoms with E-state index in [1.165, 1.54) is 0 Å². The molecule has 0 bridgehead atoms. The first kappa shape index (κ1) is 23.0. The third-order valence-electron chi connectivity index (χ3n) is 4.84. The van der Waals surface area contributed by atoms with Gasteiger partial charge >= 0.3 is 0 Å². The summed E-state index contributed by atoms with van der Waals surface area (Å²) in [5.41, 5.74) is 1.86. The van der Waals surface area contributed by atoms with Crippen LogP contribution in [0, 0.1) is 0 Å². The molecule has 0 aliphatic carbocycles. The summed E-state index contributed by atoms with van der Waals surface area (Å²) in [7, 11) is 0. The maximum Gasteiger partial charge on any atom is 0.296 e. The van der Waals surface area contributed by atoms with Crippen molar-refractivity contribution in [3.05, 3.63) is 97.0 Å². The summed E-state index contributed by atoms with van der Waals surface area (Å²) >= 11 is 31.0. The van der Waals surface area contributed by atoms with Crippen LogP contribution in [0.4, 0.5) is 5.69 Å².